The summed E-state index contributed by atoms with van der Waals surface area (Å²) in [5, 5.41) is 7.20. The van der Waals surface area contributed by atoms with Crippen LogP contribution in [-0.4, -0.2) is 54.9 Å². The van der Waals surface area contributed by atoms with Gasteiger partial charge in [0.2, 0.25) is 5.91 Å². The van der Waals surface area contributed by atoms with E-state index in [9.17, 15) is 13.2 Å². The summed E-state index contributed by atoms with van der Waals surface area (Å²) in [5.74, 6) is 1.22. The highest BCUT2D eigenvalue weighted by atomic mass is 32.2. The Morgan fingerprint density at radius 3 is 2.88 bits per heavy atom. The molecule has 0 aliphatic heterocycles. The van der Waals surface area contributed by atoms with Crippen LogP contribution in [0.5, 0.6) is 5.75 Å². The lowest BCUT2D eigenvalue weighted by atomic mass is 9.86. The number of amides is 1. The third-order valence-corrected chi connectivity index (χ3v) is 7.07. The Morgan fingerprint density at radius 2 is 2.12 bits per heavy atom. The quantitative estimate of drug-likeness (QED) is 0.431. The molecule has 10 heteroatoms. The van der Waals surface area contributed by atoms with E-state index in [1.54, 1.807) is 7.11 Å². The van der Waals surface area contributed by atoms with Gasteiger partial charge < -0.3 is 20.4 Å². The number of benzene rings is 1. The van der Waals surface area contributed by atoms with E-state index in [0.29, 0.717) is 25.2 Å². The molecule has 2 aromatic heterocycles. The van der Waals surface area contributed by atoms with E-state index in [4.69, 9.17) is 4.74 Å². The molecular weight excluding hydrogens is 442 g/mol. The van der Waals surface area contributed by atoms with Gasteiger partial charge in [0.25, 0.3) is 0 Å². The molecule has 0 radical (unpaired) electrons. The van der Waals surface area contributed by atoms with E-state index < -0.39 is 9.84 Å². The first-order valence-electron chi connectivity index (χ1n) is 11.0. The summed E-state index contributed by atoms with van der Waals surface area (Å²) >= 11 is 0. The Hall–Kier alpha value is -3.14. The summed E-state index contributed by atoms with van der Waals surface area (Å²) < 4.78 is 28.1. The van der Waals surface area contributed by atoms with Crippen LogP contribution in [-0.2, 0) is 27.5 Å². The first-order chi connectivity index (χ1) is 15.8. The van der Waals surface area contributed by atoms with Crippen molar-refractivity contribution in [3.8, 4) is 5.75 Å². The molecule has 176 valence electrons. The second-order valence-electron chi connectivity index (χ2n) is 8.52. The lowest BCUT2D eigenvalue weighted by Crippen LogP contribution is -2.35. The number of H-pyrrole nitrogens is 1. The van der Waals surface area contributed by atoms with Gasteiger partial charge >= 0.3 is 0 Å². The third-order valence-electron chi connectivity index (χ3n) is 6.04. The number of carbonyl (C=O) groups excluding carboxylic acids is 1. The van der Waals surface area contributed by atoms with Crippen LogP contribution in [0.1, 0.15) is 29.7 Å². The number of nitrogens with one attached hydrogen (secondary N) is 3. The van der Waals surface area contributed by atoms with E-state index >= 15 is 0 Å². The van der Waals surface area contributed by atoms with Gasteiger partial charge in [0.15, 0.2) is 0 Å². The largest absolute Gasteiger partial charge is 0.495 e. The Morgan fingerprint density at radius 1 is 1.30 bits per heavy atom. The molecule has 1 aliphatic carbocycles. The molecule has 1 atom stereocenters. The smallest absolute Gasteiger partial charge is 0.223 e. The average molecular weight is 472 g/mol. The first kappa shape index (κ1) is 23.0. The van der Waals surface area contributed by atoms with Crippen molar-refractivity contribution in [3.63, 3.8) is 0 Å². The SMILES string of the molecule is COc1cccc(C)c1Nc1ncnc2[nH]c3c(c12)C[C@@H](C(=O)NCCCS(C)(=O)=O)CC3. The van der Waals surface area contributed by atoms with Crippen molar-refractivity contribution in [2.75, 3.05) is 31.0 Å². The number of hydrogen-bond acceptors (Lipinski definition) is 7. The number of rotatable bonds is 8. The van der Waals surface area contributed by atoms with Gasteiger partial charge in [-0.2, -0.15) is 0 Å². The molecule has 33 heavy (non-hydrogen) atoms. The number of hydrogen-bond donors (Lipinski definition) is 3. The summed E-state index contributed by atoms with van der Waals surface area (Å²) in [6, 6.07) is 5.83. The fraction of sp³-hybridized carbons (Fsp3) is 0.435. The number of aromatic nitrogens is 3. The van der Waals surface area contributed by atoms with Crippen molar-refractivity contribution in [2.45, 2.75) is 32.6 Å². The Bertz CT molecular complexity index is 1290. The predicted octanol–water partition coefficient (Wildman–Crippen LogP) is 2.67. The molecule has 1 aliphatic rings. The van der Waals surface area contributed by atoms with Gasteiger partial charge in [-0.05, 0) is 49.8 Å². The molecule has 0 spiro atoms. The molecule has 1 amide bonds. The number of sulfone groups is 1. The number of nitrogens with zero attached hydrogens (tertiary/aromatic N) is 2. The van der Waals surface area contributed by atoms with Crippen molar-refractivity contribution < 1.29 is 17.9 Å². The van der Waals surface area contributed by atoms with Crippen LogP contribution in [0.15, 0.2) is 24.5 Å². The van der Waals surface area contributed by atoms with E-state index in [1.165, 1.54) is 12.6 Å². The maximum absolute atomic E-state index is 12.8. The van der Waals surface area contributed by atoms with Crippen molar-refractivity contribution in [2.24, 2.45) is 5.92 Å². The molecule has 1 aromatic carbocycles. The van der Waals surface area contributed by atoms with Crippen LogP contribution in [0.3, 0.4) is 0 Å². The monoisotopic (exact) mass is 471 g/mol. The average Bonchev–Trinajstić information content (AvgIpc) is 3.16. The third kappa shape index (κ3) is 5.11. The summed E-state index contributed by atoms with van der Waals surface area (Å²) in [6.45, 7) is 2.35. The molecule has 3 aromatic rings. The van der Waals surface area contributed by atoms with Crippen LogP contribution in [0, 0.1) is 12.8 Å². The van der Waals surface area contributed by atoms with Gasteiger partial charge in [0.05, 0.1) is 23.9 Å². The van der Waals surface area contributed by atoms with Crippen molar-refractivity contribution in [3.05, 3.63) is 41.3 Å². The summed E-state index contributed by atoms with van der Waals surface area (Å²) in [4.78, 5) is 25.1. The molecule has 0 bridgehead atoms. The number of para-hydroxylation sites is 1. The molecule has 3 N–H and O–H groups in total. The number of methoxy groups -OCH3 is 1. The van der Waals surface area contributed by atoms with Gasteiger partial charge in [-0.1, -0.05) is 12.1 Å². The van der Waals surface area contributed by atoms with Crippen LogP contribution >= 0.6 is 0 Å². The Labute approximate surface area is 193 Å². The molecule has 9 nitrogen and oxygen atoms in total. The van der Waals surface area contributed by atoms with E-state index in [1.807, 2.05) is 25.1 Å². The lowest BCUT2D eigenvalue weighted by molar-refractivity contribution is -0.125. The number of ether oxygens (including phenoxy) is 1. The molecule has 2 heterocycles. The van der Waals surface area contributed by atoms with Gasteiger partial charge in [0, 0.05) is 24.4 Å². The highest BCUT2D eigenvalue weighted by Crippen LogP contribution is 2.37. The standard InChI is InChI=1S/C23H29N5O4S/c1-14-6-4-7-18(32-2)20(14)28-22-19-16-12-15(23(29)24-10-5-11-33(3,30)31)8-9-17(16)27-21(19)25-13-26-22/h4,6-7,13,15H,5,8-12H2,1-3H3,(H,24,29)(H2,25,26,27,28)/t15-/m0/s1. The zero-order chi connectivity index (χ0) is 23.6. The molecule has 4 rings (SSSR count). The van der Waals surface area contributed by atoms with Crippen molar-refractivity contribution in [1.82, 2.24) is 20.3 Å². The minimum Gasteiger partial charge on any atom is -0.495 e. The van der Waals surface area contributed by atoms with Gasteiger partial charge in [-0.15, -0.1) is 0 Å². The zero-order valence-corrected chi connectivity index (χ0v) is 19.9. The predicted molar refractivity (Wildman–Crippen MR) is 128 cm³/mol. The summed E-state index contributed by atoms with van der Waals surface area (Å²) in [5.41, 5.74) is 4.72. The second kappa shape index (κ2) is 9.38. The minimum atomic E-state index is -3.03. The van der Waals surface area contributed by atoms with Gasteiger partial charge in [-0.25, -0.2) is 18.4 Å². The Kier molecular flexibility index (Phi) is 6.55. The van der Waals surface area contributed by atoms with Crippen LogP contribution < -0.4 is 15.4 Å². The second-order valence-corrected chi connectivity index (χ2v) is 10.8. The van der Waals surface area contributed by atoms with Gasteiger partial charge in [0.1, 0.15) is 33.4 Å². The molecule has 0 unspecified atom stereocenters. The lowest BCUT2D eigenvalue weighted by Gasteiger charge is -2.22. The van der Waals surface area contributed by atoms with Crippen molar-refractivity contribution in [1.29, 1.82) is 0 Å². The molecule has 0 saturated heterocycles. The van der Waals surface area contributed by atoms with Crippen LogP contribution in [0.2, 0.25) is 0 Å². The number of aromatic amines is 1. The number of carbonyl (C=O) groups is 1. The minimum absolute atomic E-state index is 0.0459. The molecule has 0 saturated carbocycles. The molecular formula is C23H29N5O4S. The van der Waals surface area contributed by atoms with E-state index in [2.05, 4.69) is 25.6 Å². The number of fused-ring (bicyclic) bond motifs is 3. The highest BCUT2D eigenvalue weighted by Gasteiger charge is 2.29. The highest BCUT2D eigenvalue weighted by molar-refractivity contribution is 7.90. The number of anilines is 2. The maximum atomic E-state index is 12.8. The fourth-order valence-electron chi connectivity index (χ4n) is 4.34. The zero-order valence-electron chi connectivity index (χ0n) is 19.1. The normalized spacial score (nSPS) is 15.8. The van der Waals surface area contributed by atoms with E-state index in [-0.39, 0.29) is 17.6 Å². The molecule has 0 fully saturated rings. The van der Waals surface area contributed by atoms with Crippen LogP contribution in [0.25, 0.3) is 11.0 Å². The fourth-order valence-corrected chi connectivity index (χ4v) is 5.01. The number of aryl methyl sites for hydroxylation is 2. The maximum Gasteiger partial charge on any atom is 0.223 e. The Balaban J connectivity index is 1.56. The van der Waals surface area contributed by atoms with Crippen molar-refractivity contribution >= 4 is 38.3 Å². The van der Waals surface area contributed by atoms with Crippen LogP contribution in [0.4, 0.5) is 11.5 Å². The summed E-state index contributed by atoms with van der Waals surface area (Å²) in [7, 11) is -1.40. The first-order valence-corrected chi connectivity index (χ1v) is 13.0. The summed E-state index contributed by atoms with van der Waals surface area (Å²) in [6.07, 6.45) is 5.16. The topological polar surface area (TPSA) is 126 Å². The van der Waals surface area contributed by atoms with E-state index in [0.717, 1.165) is 52.1 Å². The van der Waals surface area contributed by atoms with Gasteiger partial charge in [-0.3, -0.25) is 4.79 Å².